The molecular formula is C22H27BrN4O5. The Labute approximate surface area is 194 Å². The topological polar surface area (TPSA) is 122 Å². The number of aromatic nitrogens is 3. The van der Waals surface area contributed by atoms with Gasteiger partial charge in [-0.2, -0.15) is 5.10 Å². The number of para-hydroxylation sites is 1. The molecule has 0 aliphatic rings. The Bertz CT molecular complexity index is 1050. The Morgan fingerprint density at radius 1 is 1.28 bits per heavy atom. The minimum Gasteiger partial charge on any atom is -0.494 e. The molecule has 3 aromatic rings. The fraction of sp³-hybridized carbons (Fsp3) is 0.364. The van der Waals surface area contributed by atoms with Crippen molar-refractivity contribution >= 4 is 27.7 Å². The van der Waals surface area contributed by atoms with Crippen molar-refractivity contribution in [3.63, 3.8) is 0 Å². The quantitative estimate of drug-likeness (QED) is 0.333. The number of anilines is 1. The number of halogens is 1. The fourth-order valence-corrected chi connectivity index (χ4v) is 3.57. The zero-order valence-electron chi connectivity index (χ0n) is 17.8. The lowest BCUT2D eigenvalue weighted by Crippen LogP contribution is -2.27. The van der Waals surface area contributed by atoms with Gasteiger partial charge in [-0.1, -0.05) is 26.0 Å². The summed E-state index contributed by atoms with van der Waals surface area (Å²) in [6.07, 6.45) is 2.74. The Morgan fingerprint density at radius 2 is 2.03 bits per heavy atom. The molecule has 4 N–H and O–H groups in total. The molecular weight excluding hydrogens is 480 g/mol. The van der Waals surface area contributed by atoms with E-state index in [1.807, 2.05) is 32.0 Å². The molecule has 0 radical (unpaired) electrons. The molecule has 0 saturated carbocycles. The minimum atomic E-state index is -0.938. The standard InChI is InChI=1S/C22H27BrN4O5/c1-14(2)9-18(22(31)24-20-7-8-26(25-20)11-15(29)13-28)27-12-16(10-21(27)30)32-19-6-4-3-5-17(19)23/h3-8,10,12,14-15,18,28-30H,9,11,13H2,1-2H3,(H,24,25,31)/t15-,18+/m1/s1. The molecule has 0 fully saturated rings. The number of hydrogen-bond acceptors (Lipinski definition) is 6. The van der Waals surface area contributed by atoms with Gasteiger partial charge in [0.2, 0.25) is 5.91 Å². The molecule has 32 heavy (non-hydrogen) atoms. The Balaban J connectivity index is 1.78. The van der Waals surface area contributed by atoms with Crippen molar-refractivity contribution in [3.8, 4) is 17.4 Å². The molecule has 1 amide bonds. The van der Waals surface area contributed by atoms with Gasteiger partial charge in [0.25, 0.3) is 0 Å². The number of ether oxygens (including phenoxy) is 1. The van der Waals surface area contributed by atoms with Crippen LogP contribution in [0.3, 0.4) is 0 Å². The van der Waals surface area contributed by atoms with E-state index in [1.54, 1.807) is 24.5 Å². The van der Waals surface area contributed by atoms with E-state index in [9.17, 15) is 15.0 Å². The van der Waals surface area contributed by atoms with Crippen molar-refractivity contribution in [2.75, 3.05) is 11.9 Å². The van der Waals surface area contributed by atoms with Crippen molar-refractivity contribution < 1.29 is 24.9 Å². The SMILES string of the molecule is CC(C)C[C@@H](C(=O)Nc1ccn(C[C@@H](O)CO)n1)n1cc(Oc2ccccc2Br)cc1O. The number of nitrogens with zero attached hydrogens (tertiary/aromatic N) is 3. The third-order valence-electron chi connectivity index (χ3n) is 4.70. The van der Waals surface area contributed by atoms with Crippen molar-refractivity contribution in [2.45, 2.75) is 39.0 Å². The zero-order valence-corrected chi connectivity index (χ0v) is 19.4. The van der Waals surface area contributed by atoms with E-state index in [-0.39, 0.29) is 30.9 Å². The molecule has 9 nitrogen and oxygen atoms in total. The van der Waals surface area contributed by atoms with Crippen LogP contribution in [0.5, 0.6) is 17.4 Å². The smallest absolute Gasteiger partial charge is 0.248 e. The highest BCUT2D eigenvalue weighted by atomic mass is 79.9. The number of rotatable bonds is 10. The molecule has 0 spiro atoms. The second-order valence-corrected chi connectivity index (χ2v) is 8.72. The van der Waals surface area contributed by atoms with Crippen LogP contribution in [-0.4, -0.2) is 48.3 Å². The van der Waals surface area contributed by atoms with Crippen LogP contribution < -0.4 is 10.1 Å². The lowest BCUT2D eigenvalue weighted by Gasteiger charge is -2.20. The first-order valence-corrected chi connectivity index (χ1v) is 11.0. The number of hydrogen-bond donors (Lipinski definition) is 4. The lowest BCUT2D eigenvalue weighted by atomic mass is 10.0. The van der Waals surface area contributed by atoms with Gasteiger partial charge in [-0.25, -0.2) is 0 Å². The number of carbonyl (C=O) groups is 1. The summed E-state index contributed by atoms with van der Waals surface area (Å²) in [5.41, 5.74) is 0. The summed E-state index contributed by atoms with van der Waals surface area (Å²) in [6.45, 7) is 3.71. The Morgan fingerprint density at radius 3 is 2.72 bits per heavy atom. The number of benzene rings is 1. The fourth-order valence-electron chi connectivity index (χ4n) is 3.21. The molecule has 10 heteroatoms. The maximum atomic E-state index is 13.1. The van der Waals surface area contributed by atoms with E-state index in [0.29, 0.717) is 23.7 Å². The molecule has 0 aliphatic heterocycles. The summed E-state index contributed by atoms with van der Waals surface area (Å²) in [7, 11) is 0. The van der Waals surface area contributed by atoms with Crippen LogP contribution in [0.15, 0.2) is 53.3 Å². The molecule has 2 aromatic heterocycles. The number of aliphatic hydroxyl groups excluding tert-OH is 2. The maximum absolute atomic E-state index is 13.1. The van der Waals surface area contributed by atoms with Crippen molar-refractivity contribution in [2.24, 2.45) is 5.92 Å². The van der Waals surface area contributed by atoms with Gasteiger partial charge in [-0.05, 0) is 40.4 Å². The molecule has 2 atom stereocenters. The van der Waals surface area contributed by atoms with Gasteiger partial charge < -0.3 is 29.9 Å². The van der Waals surface area contributed by atoms with Crippen LogP contribution in [0.2, 0.25) is 0 Å². The number of nitrogens with one attached hydrogen (secondary N) is 1. The highest BCUT2D eigenvalue weighted by molar-refractivity contribution is 9.10. The first-order valence-electron chi connectivity index (χ1n) is 10.2. The normalized spacial score (nSPS) is 13.2. The van der Waals surface area contributed by atoms with Crippen molar-refractivity contribution in [3.05, 3.63) is 53.3 Å². The first kappa shape index (κ1) is 23.8. The number of aliphatic hydroxyl groups is 2. The van der Waals surface area contributed by atoms with Crippen LogP contribution in [-0.2, 0) is 11.3 Å². The molecule has 3 rings (SSSR count). The van der Waals surface area contributed by atoms with Gasteiger partial charge in [0.15, 0.2) is 11.7 Å². The predicted octanol–water partition coefficient (Wildman–Crippen LogP) is 3.52. The monoisotopic (exact) mass is 506 g/mol. The summed E-state index contributed by atoms with van der Waals surface area (Å²) >= 11 is 3.43. The van der Waals surface area contributed by atoms with Gasteiger partial charge in [0.05, 0.1) is 29.9 Å². The largest absolute Gasteiger partial charge is 0.494 e. The van der Waals surface area contributed by atoms with Crippen LogP contribution in [0.1, 0.15) is 26.3 Å². The van der Waals surface area contributed by atoms with Gasteiger partial charge in [0.1, 0.15) is 17.5 Å². The zero-order chi connectivity index (χ0) is 23.3. The molecule has 172 valence electrons. The van der Waals surface area contributed by atoms with Gasteiger partial charge in [-0.3, -0.25) is 9.48 Å². The highest BCUT2D eigenvalue weighted by Gasteiger charge is 2.25. The average Bonchev–Trinajstić information content (AvgIpc) is 3.33. The minimum absolute atomic E-state index is 0.0931. The van der Waals surface area contributed by atoms with Crippen LogP contribution in [0, 0.1) is 5.92 Å². The van der Waals surface area contributed by atoms with E-state index >= 15 is 0 Å². The van der Waals surface area contributed by atoms with Gasteiger partial charge in [0, 0.05) is 18.3 Å². The molecule has 2 heterocycles. The van der Waals surface area contributed by atoms with Gasteiger partial charge >= 0.3 is 0 Å². The van der Waals surface area contributed by atoms with Crippen LogP contribution >= 0.6 is 15.9 Å². The Kier molecular flexibility index (Phi) is 7.94. The average molecular weight is 507 g/mol. The lowest BCUT2D eigenvalue weighted by molar-refractivity contribution is -0.119. The number of carbonyl (C=O) groups excluding carboxylic acids is 1. The Hall–Kier alpha value is -2.82. The van der Waals surface area contributed by atoms with E-state index in [2.05, 4.69) is 26.3 Å². The molecule has 0 aliphatic carbocycles. The third kappa shape index (κ3) is 6.12. The summed E-state index contributed by atoms with van der Waals surface area (Å²) in [4.78, 5) is 13.1. The van der Waals surface area contributed by atoms with E-state index < -0.39 is 12.1 Å². The van der Waals surface area contributed by atoms with E-state index in [4.69, 9.17) is 9.84 Å². The molecule has 0 bridgehead atoms. The van der Waals surface area contributed by atoms with Crippen LogP contribution in [0.4, 0.5) is 5.82 Å². The number of amides is 1. The second-order valence-electron chi connectivity index (χ2n) is 7.87. The van der Waals surface area contributed by atoms with Crippen molar-refractivity contribution in [1.29, 1.82) is 0 Å². The van der Waals surface area contributed by atoms with Crippen molar-refractivity contribution in [1.82, 2.24) is 14.3 Å². The molecule has 0 unspecified atom stereocenters. The first-order chi connectivity index (χ1) is 15.3. The van der Waals surface area contributed by atoms with Crippen LogP contribution in [0.25, 0.3) is 0 Å². The molecule has 1 aromatic carbocycles. The predicted molar refractivity (Wildman–Crippen MR) is 123 cm³/mol. The number of aromatic hydroxyl groups is 1. The summed E-state index contributed by atoms with van der Waals surface area (Å²) in [5.74, 6) is 1.04. The highest BCUT2D eigenvalue weighted by Crippen LogP contribution is 2.34. The maximum Gasteiger partial charge on any atom is 0.248 e. The summed E-state index contributed by atoms with van der Waals surface area (Å²) in [5, 5.41) is 36.0. The summed E-state index contributed by atoms with van der Waals surface area (Å²) in [6, 6.07) is 9.72. The van der Waals surface area contributed by atoms with E-state index in [1.165, 1.54) is 15.3 Å². The van der Waals surface area contributed by atoms with Gasteiger partial charge in [-0.15, -0.1) is 0 Å². The second kappa shape index (κ2) is 10.7. The molecule has 0 saturated heterocycles. The third-order valence-corrected chi connectivity index (χ3v) is 5.36. The summed E-state index contributed by atoms with van der Waals surface area (Å²) < 4.78 is 9.54. The van der Waals surface area contributed by atoms with E-state index in [0.717, 1.165) is 4.47 Å².